The first-order chi connectivity index (χ1) is 5.00. The van der Waals surface area contributed by atoms with Crippen LogP contribution in [0.4, 0.5) is 18.9 Å². The molecule has 5 heteroatoms. The molecule has 0 saturated heterocycles. The van der Waals surface area contributed by atoms with Gasteiger partial charge in [0, 0.05) is 0 Å². The molecule has 0 bridgehead atoms. The molecule has 0 heterocycles. The third-order valence-electron chi connectivity index (χ3n) is 1.19. The Morgan fingerprint density at radius 3 is 2.08 bits per heavy atom. The molecule has 68 valence electrons. The molecule has 0 aliphatic carbocycles. The summed E-state index contributed by atoms with van der Waals surface area (Å²) in [6.07, 6.45) is -4.34. The lowest BCUT2D eigenvalue weighted by Crippen LogP contribution is -2.03. The van der Waals surface area contributed by atoms with Crippen LogP contribution in [-0.4, -0.2) is 0 Å². The molecule has 0 saturated carbocycles. The number of nitrogens with one attached hydrogen (secondary N) is 1. The van der Waals surface area contributed by atoms with Gasteiger partial charge in [0.05, 0.1) is 5.56 Å². The van der Waals surface area contributed by atoms with E-state index in [1.165, 1.54) is 12.1 Å². The summed E-state index contributed by atoms with van der Waals surface area (Å²) in [5.74, 6) is 0. The maximum absolute atomic E-state index is 11.9. The number of alkyl halides is 3. The van der Waals surface area contributed by atoms with Gasteiger partial charge in [0.15, 0.2) is 0 Å². The van der Waals surface area contributed by atoms with Crippen LogP contribution in [0.3, 0.4) is 0 Å². The molecule has 0 aliphatic heterocycles. The van der Waals surface area contributed by atoms with Crippen LogP contribution in [0.25, 0.3) is 5.73 Å². The topological polar surface area (TPSA) is 23.8 Å². The molecular weight excluding hydrogens is 191 g/mol. The highest BCUT2D eigenvalue weighted by Crippen LogP contribution is 2.30. The summed E-state index contributed by atoms with van der Waals surface area (Å²) in [5, 5.41) is 0. The summed E-state index contributed by atoms with van der Waals surface area (Å²) in [7, 11) is 0. The molecule has 0 atom stereocenters. The molecular formula is C7H6ClF3N-. The fraction of sp³-hybridized carbons (Fsp3) is 0.143. The second kappa shape index (κ2) is 3.67. The molecule has 1 N–H and O–H groups in total. The van der Waals surface area contributed by atoms with Crippen LogP contribution in [0.5, 0.6) is 0 Å². The van der Waals surface area contributed by atoms with Crippen LogP contribution < -0.4 is 0 Å². The lowest BCUT2D eigenvalue weighted by Gasteiger charge is -2.09. The summed E-state index contributed by atoms with van der Waals surface area (Å²) < 4.78 is 35.7. The van der Waals surface area contributed by atoms with E-state index in [-0.39, 0.29) is 18.1 Å². The molecule has 0 aromatic heterocycles. The van der Waals surface area contributed by atoms with E-state index in [1.807, 2.05) is 0 Å². The number of hydrogen-bond acceptors (Lipinski definition) is 0. The Bertz CT molecular complexity index is 259. The van der Waals surface area contributed by atoms with Crippen molar-refractivity contribution in [3.63, 3.8) is 0 Å². The van der Waals surface area contributed by atoms with Crippen molar-refractivity contribution < 1.29 is 13.2 Å². The van der Waals surface area contributed by atoms with Crippen LogP contribution in [0.1, 0.15) is 5.56 Å². The summed E-state index contributed by atoms with van der Waals surface area (Å²) in [6.45, 7) is 0. The van der Waals surface area contributed by atoms with Gasteiger partial charge in [0.1, 0.15) is 0 Å². The van der Waals surface area contributed by atoms with Gasteiger partial charge in [-0.15, -0.1) is 18.1 Å². The standard InChI is InChI=1S/C7H5F3N.ClH/c8-7(9,10)5-2-1-3-6(11)4-5;/h1-4,11H;1H/q-1;. The summed E-state index contributed by atoms with van der Waals surface area (Å²) in [5.41, 5.74) is 6.02. The largest absolute Gasteiger partial charge is 0.699 e. The first-order valence-electron chi connectivity index (χ1n) is 2.89. The van der Waals surface area contributed by atoms with E-state index in [0.29, 0.717) is 0 Å². The molecule has 12 heavy (non-hydrogen) atoms. The average molecular weight is 197 g/mol. The van der Waals surface area contributed by atoms with E-state index in [1.54, 1.807) is 0 Å². The fourth-order valence-electron chi connectivity index (χ4n) is 0.696. The van der Waals surface area contributed by atoms with Gasteiger partial charge >= 0.3 is 6.18 Å². The van der Waals surface area contributed by atoms with Crippen LogP contribution in [0.2, 0.25) is 0 Å². The number of rotatable bonds is 0. The molecule has 0 aliphatic rings. The van der Waals surface area contributed by atoms with E-state index >= 15 is 0 Å². The van der Waals surface area contributed by atoms with Gasteiger partial charge < -0.3 is 5.73 Å². The minimum atomic E-state index is -4.34. The van der Waals surface area contributed by atoms with Crippen molar-refractivity contribution >= 4 is 18.1 Å². The lowest BCUT2D eigenvalue weighted by atomic mass is 10.2. The van der Waals surface area contributed by atoms with Crippen LogP contribution >= 0.6 is 12.4 Å². The highest BCUT2D eigenvalue weighted by molar-refractivity contribution is 5.85. The van der Waals surface area contributed by atoms with E-state index in [2.05, 4.69) is 0 Å². The number of hydrogen-bond donors (Lipinski definition) is 0. The Kier molecular flexibility index (Phi) is 3.39. The van der Waals surface area contributed by atoms with Gasteiger partial charge in [-0.05, 0) is 0 Å². The van der Waals surface area contributed by atoms with Crippen molar-refractivity contribution in [1.29, 1.82) is 0 Å². The van der Waals surface area contributed by atoms with Gasteiger partial charge in [-0.1, -0.05) is 24.3 Å². The molecule has 0 radical (unpaired) electrons. The molecule has 0 spiro atoms. The van der Waals surface area contributed by atoms with Gasteiger partial charge in [-0.3, -0.25) is 0 Å². The van der Waals surface area contributed by atoms with Crippen molar-refractivity contribution in [3.8, 4) is 0 Å². The predicted molar refractivity (Wildman–Crippen MR) is 42.7 cm³/mol. The molecule has 1 aromatic carbocycles. The Balaban J connectivity index is 0.00000121. The van der Waals surface area contributed by atoms with Crippen LogP contribution in [-0.2, 0) is 6.18 Å². The van der Waals surface area contributed by atoms with Gasteiger partial charge in [-0.25, -0.2) is 0 Å². The van der Waals surface area contributed by atoms with Crippen molar-refractivity contribution in [2.45, 2.75) is 6.18 Å². The van der Waals surface area contributed by atoms with Gasteiger partial charge in [0.2, 0.25) is 0 Å². The Morgan fingerprint density at radius 1 is 1.17 bits per heavy atom. The average Bonchev–Trinajstić information content (AvgIpc) is 1.86. The summed E-state index contributed by atoms with van der Waals surface area (Å²) in [6, 6.07) is 4.25. The molecule has 0 amide bonds. The summed E-state index contributed by atoms with van der Waals surface area (Å²) in [4.78, 5) is 0. The smallest absolute Gasteiger partial charge is 0.416 e. The quantitative estimate of drug-likeness (QED) is 0.603. The first-order valence-corrected chi connectivity index (χ1v) is 2.89. The minimum Gasteiger partial charge on any atom is -0.699 e. The van der Waals surface area contributed by atoms with Gasteiger partial charge in [-0.2, -0.15) is 13.2 Å². The predicted octanol–water partition coefficient (Wildman–Crippen LogP) is 3.81. The third-order valence-corrected chi connectivity index (χ3v) is 1.19. The van der Waals surface area contributed by atoms with Crippen molar-refractivity contribution in [3.05, 3.63) is 35.6 Å². The highest BCUT2D eigenvalue weighted by atomic mass is 35.5. The van der Waals surface area contributed by atoms with E-state index in [9.17, 15) is 13.2 Å². The molecule has 0 unspecified atom stereocenters. The first kappa shape index (κ1) is 11.1. The number of halogens is 4. The second-order valence-electron chi connectivity index (χ2n) is 2.08. The van der Waals surface area contributed by atoms with E-state index in [4.69, 9.17) is 5.73 Å². The van der Waals surface area contributed by atoms with Crippen molar-refractivity contribution in [2.24, 2.45) is 0 Å². The molecule has 0 fully saturated rings. The van der Waals surface area contributed by atoms with Crippen molar-refractivity contribution in [1.82, 2.24) is 0 Å². The Hall–Kier alpha value is -0.900. The fourth-order valence-corrected chi connectivity index (χ4v) is 0.696. The maximum Gasteiger partial charge on any atom is 0.416 e. The SMILES string of the molecule is Cl.[NH-]c1cccc(C(F)(F)F)c1. The normalized spacial score (nSPS) is 10.6. The zero-order valence-corrected chi connectivity index (χ0v) is 6.67. The summed E-state index contributed by atoms with van der Waals surface area (Å²) >= 11 is 0. The van der Waals surface area contributed by atoms with E-state index in [0.717, 1.165) is 12.1 Å². The van der Waals surface area contributed by atoms with Crippen molar-refractivity contribution in [2.75, 3.05) is 0 Å². The van der Waals surface area contributed by atoms with E-state index < -0.39 is 11.7 Å². The number of benzene rings is 1. The minimum absolute atomic E-state index is 0. The Labute approximate surface area is 73.8 Å². The van der Waals surface area contributed by atoms with Crippen LogP contribution in [0, 0.1) is 0 Å². The molecule has 1 nitrogen and oxygen atoms in total. The Morgan fingerprint density at radius 2 is 1.75 bits per heavy atom. The second-order valence-corrected chi connectivity index (χ2v) is 2.08. The maximum atomic E-state index is 11.9. The van der Waals surface area contributed by atoms with Crippen LogP contribution in [0.15, 0.2) is 24.3 Å². The highest BCUT2D eigenvalue weighted by Gasteiger charge is 2.29. The zero-order chi connectivity index (χ0) is 8.48. The molecule has 1 rings (SSSR count). The lowest BCUT2D eigenvalue weighted by molar-refractivity contribution is -0.137. The molecule has 1 aromatic rings. The zero-order valence-electron chi connectivity index (χ0n) is 5.85. The monoisotopic (exact) mass is 196 g/mol. The van der Waals surface area contributed by atoms with Gasteiger partial charge in [0.25, 0.3) is 0 Å². The third kappa shape index (κ3) is 2.62.